The SMILES string of the molecule is COc1ccc(C(C(=O)NC2CCCCC2)N(Cc2ccccc2)C(=O)CCC(=O)N(c2ccccc2)C2CCN(CCc3ccccc3)CC2)cc1. The number of nitrogens with zero attached hydrogens (tertiary/aromatic N) is 3. The summed E-state index contributed by atoms with van der Waals surface area (Å²) in [5, 5.41) is 3.29. The molecule has 1 N–H and O–H groups in total. The van der Waals surface area contributed by atoms with Crippen LogP contribution in [0.1, 0.15) is 80.5 Å². The zero-order chi connectivity index (χ0) is 36.8. The number of methoxy groups -OCH3 is 1. The smallest absolute Gasteiger partial charge is 0.247 e. The molecule has 3 amide bonds. The van der Waals surface area contributed by atoms with E-state index >= 15 is 0 Å². The average molecular weight is 715 g/mol. The number of carbonyl (C=O) groups is 3. The molecule has 0 spiro atoms. The number of para-hydroxylation sites is 1. The Kier molecular flexibility index (Phi) is 13.7. The van der Waals surface area contributed by atoms with Gasteiger partial charge in [0.15, 0.2) is 0 Å². The second kappa shape index (κ2) is 19.2. The fourth-order valence-electron chi connectivity index (χ4n) is 7.85. The van der Waals surface area contributed by atoms with Crippen LogP contribution in [0.4, 0.5) is 5.69 Å². The molecule has 4 aromatic rings. The minimum Gasteiger partial charge on any atom is -0.497 e. The van der Waals surface area contributed by atoms with Gasteiger partial charge in [0.25, 0.3) is 0 Å². The van der Waals surface area contributed by atoms with Gasteiger partial charge < -0.3 is 24.8 Å². The van der Waals surface area contributed by atoms with Gasteiger partial charge in [0.1, 0.15) is 11.8 Å². The summed E-state index contributed by atoms with van der Waals surface area (Å²) in [6, 6.07) is 36.8. The summed E-state index contributed by atoms with van der Waals surface area (Å²) < 4.78 is 5.42. The van der Waals surface area contributed by atoms with E-state index in [-0.39, 0.29) is 49.2 Å². The van der Waals surface area contributed by atoms with E-state index in [1.54, 1.807) is 12.0 Å². The van der Waals surface area contributed by atoms with Crippen molar-refractivity contribution in [2.24, 2.45) is 0 Å². The van der Waals surface area contributed by atoms with Crippen molar-refractivity contribution in [1.29, 1.82) is 0 Å². The Labute approximate surface area is 315 Å². The summed E-state index contributed by atoms with van der Waals surface area (Å²) in [5.74, 6) is 0.183. The molecule has 1 heterocycles. The lowest BCUT2D eigenvalue weighted by Crippen LogP contribution is -2.49. The third-order valence-electron chi connectivity index (χ3n) is 10.8. The summed E-state index contributed by atoms with van der Waals surface area (Å²) >= 11 is 0. The fourth-order valence-corrected chi connectivity index (χ4v) is 7.85. The van der Waals surface area contributed by atoms with Crippen LogP contribution in [0.25, 0.3) is 0 Å². The highest BCUT2D eigenvalue weighted by Crippen LogP contribution is 2.30. The van der Waals surface area contributed by atoms with Gasteiger partial charge in [0, 0.05) is 56.8 Å². The molecule has 0 bridgehead atoms. The van der Waals surface area contributed by atoms with Crippen LogP contribution >= 0.6 is 0 Å². The van der Waals surface area contributed by atoms with Crippen molar-refractivity contribution in [2.45, 2.75) is 88.9 Å². The minimum atomic E-state index is -0.865. The normalized spacial score (nSPS) is 16.0. The molecule has 0 aromatic heterocycles. The van der Waals surface area contributed by atoms with E-state index in [0.29, 0.717) is 11.3 Å². The van der Waals surface area contributed by atoms with Gasteiger partial charge in [-0.1, -0.05) is 110 Å². The number of anilines is 1. The molecule has 0 radical (unpaired) electrons. The minimum absolute atomic E-state index is 0.00567. The molecule has 53 heavy (non-hydrogen) atoms. The lowest BCUT2D eigenvalue weighted by molar-refractivity contribution is -0.142. The number of hydrogen-bond acceptors (Lipinski definition) is 5. The lowest BCUT2D eigenvalue weighted by atomic mass is 9.94. The Morgan fingerprint density at radius 2 is 1.30 bits per heavy atom. The Hall–Kier alpha value is -4.95. The summed E-state index contributed by atoms with van der Waals surface area (Å²) in [7, 11) is 1.61. The largest absolute Gasteiger partial charge is 0.497 e. The van der Waals surface area contributed by atoms with E-state index in [1.807, 2.05) is 95.9 Å². The maximum Gasteiger partial charge on any atom is 0.247 e. The van der Waals surface area contributed by atoms with E-state index in [2.05, 4.69) is 34.5 Å². The zero-order valence-electron chi connectivity index (χ0n) is 31.1. The van der Waals surface area contributed by atoms with Gasteiger partial charge >= 0.3 is 0 Å². The number of likely N-dealkylation sites (tertiary alicyclic amines) is 1. The maximum atomic E-state index is 14.5. The third kappa shape index (κ3) is 10.6. The van der Waals surface area contributed by atoms with E-state index in [1.165, 1.54) is 12.0 Å². The Morgan fingerprint density at radius 1 is 0.717 bits per heavy atom. The highest BCUT2D eigenvalue weighted by atomic mass is 16.5. The highest BCUT2D eigenvalue weighted by molar-refractivity contribution is 5.96. The highest BCUT2D eigenvalue weighted by Gasteiger charge is 2.35. The van der Waals surface area contributed by atoms with Crippen molar-refractivity contribution >= 4 is 23.4 Å². The Balaban J connectivity index is 1.19. The van der Waals surface area contributed by atoms with E-state index in [4.69, 9.17) is 4.74 Å². The maximum absolute atomic E-state index is 14.5. The second-order valence-corrected chi connectivity index (χ2v) is 14.4. The first-order valence-corrected chi connectivity index (χ1v) is 19.4. The molecule has 4 aromatic carbocycles. The van der Waals surface area contributed by atoms with Gasteiger partial charge in [-0.3, -0.25) is 14.4 Å². The molecule has 1 unspecified atom stereocenters. The summed E-state index contributed by atoms with van der Waals surface area (Å²) in [5.41, 5.74) is 3.82. The van der Waals surface area contributed by atoms with Crippen LogP contribution in [0.15, 0.2) is 115 Å². The van der Waals surface area contributed by atoms with E-state index < -0.39 is 6.04 Å². The molecule has 1 aliphatic heterocycles. The Morgan fingerprint density at radius 3 is 1.92 bits per heavy atom. The number of benzene rings is 4. The molecule has 278 valence electrons. The number of amides is 3. The van der Waals surface area contributed by atoms with Crippen LogP contribution in [0.5, 0.6) is 5.75 Å². The molecule has 1 saturated carbocycles. The number of piperidine rings is 1. The molecule has 1 atom stereocenters. The topological polar surface area (TPSA) is 82.2 Å². The molecule has 8 nitrogen and oxygen atoms in total. The number of carbonyl (C=O) groups excluding carboxylic acids is 3. The predicted octanol–water partition coefficient (Wildman–Crippen LogP) is 7.73. The van der Waals surface area contributed by atoms with Crippen molar-refractivity contribution in [1.82, 2.24) is 15.1 Å². The molecule has 6 rings (SSSR count). The standard InChI is InChI=1S/C45H54N4O4/c1-53-41-24-22-37(23-25-41)44(45(52)46-38-18-10-4-11-19-38)48(34-36-16-8-3-9-17-36)42(50)26-27-43(51)49(39-20-12-5-13-21-39)40-29-32-47(33-30-40)31-28-35-14-6-2-7-15-35/h2-3,5-9,12-17,20-25,38,40,44H,4,10-11,18-19,26-34H2,1H3,(H,46,52). The molecule has 1 saturated heterocycles. The van der Waals surface area contributed by atoms with Crippen molar-refractivity contribution in [3.63, 3.8) is 0 Å². The lowest BCUT2D eigenvalue weighted by Gasteiger charge is -2.39. The molecular formula is C45H54N4O4. The van der Waals surface area contributed by atoms with Gasteiger partial charge in [-0.2, -0.15) is 0 Å². The average Bonchev–Trinajstić information content (AvgIpc) is 3.21. The summed E-state index contributed by atoms with van der Waals surface area (Å²) in [6.45, 7) is 3.06. The van der Waals surface area contributed by atoms with Gasteiger partial charge in [-0.15, -0.1) is 0 Å². The predicted molar refractivity (Wildman–Crippen MR) is 211 cm³/mol. The van der Waals surface area contributed by atoms with Crippen molar-refractivity contribution in [2.75, 3.05) is 31.6 Å². The Bertz CT molecular complexity index is 1720. The fraction of sp³-hybridized carbons (Fsp3) is 0.400. The van der Waals surface area contributed by atoms with Gasteiger partial charge in [0.2, 0.25) is 17.7 Å². The number of nitrogens with one attached hydrogen (secondary N) is 1. The van der Waals surface area contributed by atoms with Crippen LogP contribution in [-0.4, -0.2) is 66.3 Å². The van der Waals surface area contributed by atoms with Crippen molar-refractivity contribution in [3.8, 4) is 5.75 Å². The first kappa shape index (κ1) is 37.8. The van der Waals surface area contributed by atoms with Gasteiger partial charge in [-0.25, -0.2) is 0 Å². The van der Waals surface area contributed by atoms with E-state index in [9.17, 15) is 14.4 Å². The molecule has 2 fully saturated rings. The second-order valence-electron chi connectivity index (χ2n) is 14.4. The molecular weight excluding hydrogens is 661 g/mol. The summed E-state index contributed by atoms with van der Waals surface area (Å²) in [4.78, 5) is 49.1. The first-order valence-electron chi connectivity index (χ1n) is 19.4. The monoisotopic (exact) mass is 714 g/mol. The van der Waals surface area contributed by atoms with Crippen molar-refractivity contribution < 1.29 is 19.1 Å². The number of hydrogen-bond donors (Lipinski definition) is 1. The van der Waals surface area contributed by atoms with Crippen LogP contribution in [0, 0.1) is 0 Å². The first-order chi connectivity index (χ1) is 26.0. The summed E-state index contributed by atoms with van der Waals surface area (Å²) in [6.07, 6.45) is 7.98. The van der Waals surface area contributed by atoms with Crippen LogP contribution in [-0.2, 0) is 27.3 Å². The van der Waals surface area contributed by atoms with Gasteiger partial charge in [-0.05, 0) is 73.1 Å². The molecule has 2 aliphatic rings. The third-order valence-corrected chi connectivity index (χ3v) is 10.8. The van der Waals surface area contributed by atoms with Crippen molar-refractivity contribution in [3.05, 3.63) is 132 Å². The van der Waals surface area contributed by atoms with Crippen LogP contribution < -0.4 is 15.0 Å². The molecule has 1 aliphatic carbocycles. The quantitative estimate of drug-likeness (QED) is 0.136. The zero-order valence-corrected chi connectivity index (χ0v) is 31.1. The number of ether oxygens (including phenoxy) is 1. The van der Waals surface area contributed by atoms with Crippen LogP contribution in [0.3, 0.4) is 0 Å². The van der Waals surface area contributed by atoms with Gasteiger partial charge in [0.05, 0.1) is 7.11 Å². The van der Waals surface area contributed by atoms with Crippen LogP contribution in [0.2, 0.25) is 0 Å². The van der Waals surface area contributed by atoms with E-state index in [0.717, 1.165) is 75.8 Å². The molecule has 8 heteroatoms. The number of rotatable bonds is 15.